The smallest absolute Gasteiger partial charge is 0.166 e. The van der Waals surface area contributed by atoms with Crippen LogP contribution in [0.2, 0.25) is 0 Å². The molecule has 0 fully saturated rings. The van der Waals surface area contributed by atoms with Crippen molar-refractivity contribution in [1.82, 2.24) is 19.7 Å². The van der Waals surface area contributed by atoms with E-state index >= 15 is 0 Å². The topological polar surface area (TPSA) is 89.8 Å². The van der Waals surface area contributed by atoms with Crippen LogP contribution in [-0.4, -0.2) is 38.0 Å². The summed E-state index contributed by atoms with van der Waals surface area (Å²) in [6.45, 7) is 0.290. The summed E-state index contributed by atoms with van der Waals surface area (Å²) in [5.74, 6) is -0.200. The molecule has 0 aliphatic carbocycles. The van der Waals surface area contributed by atoms with E-state index in [0.717, 1.165) is 16.8 Å². The Bertz CT molecular complexity index is 706. The van der Waals surface area contributed by atoms with Gasteiger partial charge < -0.3 is 10.8 Å². The molecule has 0 spiro atoms. The molecule has 6 nitrogen and oxygen atoms in total. The Kier molecular flexibility index (Phi) is 3.41. The fourth-order valence-corrected chi connectivity index (χ4v) is 2.22. The van der Waals surface area contributed by atoms with Crippen LogP contribution in [0.15, 0.2) is 42.9 Å². The lowest BCUT2D eigenvalue weighted by Crippen LogP contribution is -2.17. The van der Waals surface area contributed by atoms with Gasteiger partial charge in [-0.1, -0.05) is 18.2 Å². The molecule has 0 radical (unpaired) electrons. The molecule has 0 aliphatic rings. The van der Waals surface area contributed by atoms with Crippen LogP contribution in [0.25, 0.3) is 16.7 Å². The maximum atomic E-state index is 9.40. The first-order valence-corrected chi connectivity index (χ1v) is 6.40. The van der Waals surface area contributed by atoms with Gasteiger partial charge in [-0.3, -0.25) is 0 Å². The molecule has 20 heavy (non-hydrogen) atoms. The van der Waals surface area contributed by atoms with Crippen molar-refractivity contribution >= 4 is 11.0 Å². The van der Waals surface area contributed by atoms with Crippen LogP contribution in [0.5, 0.6) is 0 Å². The molecule has 0 saturated heterocycles. The summed E-state index contributed by atoms with van der Waals surface area (Å²) >= 11 is 0. The van der Waals surface area contributed by atoms with Crippen molar-refractivity contribution in [1.29, 1.82) is 0 Å². The van der Waals surface area contributed by atoms with Gasteiger partial charge in [0, 0.05) is 12.5 Å². The molecule has 6 heteroatoms. The normalized spacial score (nSPS) is 12.7. The molecule has 1 unspecified atom stereocenters. The van der Waals surface area contributed by atoms with Crippen molar-refractivity contribution in [2.45, 2.75) is 5.92 Å². The van der Waals surface area contributed by atoms with Crippen LogP contribution in [0.3, 0.4) is 0 Å². The van der Waals surface area contributed by atoms with E-state index in [4.69, 9.17) is 5.73 Å². The molecule has 1 aromatic carbocycles. The van der Waals surface area contributed by atoms with Gasteiger partial charge in [-0.25, -0.2) is 14.6 Å². The molecule has 3 aromatic rings. The minimum atomic E-state index is -0.200. The third-order valence-electron chi connectivity index (χ3n) is 3.29. The molecule has 1 atom stereocenters. The Morgan fingerprint density at radius 1 is 1.20 bits per heavy atom. The molecule has 2 aromatic heterocycles. The van der Waals surface area contributed by atoms with Crippen molar-refractivity contribution < 1.29 is 5.11 Å². The zero-order chi connectivity index (χ0) is 13.9. The fourth-order valence-electron chi connectivity index (χ4n) is 2.22. The average molecular weight is 269 g/mol. The first-order valence-electron chi connectivity index (χ1n) is 6.40. The van der Waals surface area contributed by atoms with Gasteiger partial charge in [0.05, 0.1) is 29.6 Å². The second kappa shape index (κ2) is 5.36. The number of hydrogen-bond donors (Lipinski definition) is 2. The molecule has 3 N–H and O–H groups in total. The van der Waals surface area contributed by atoms with E-state index in [1.165, 1.54) is 6.33 Å². The Morgan fingerprint density at radius 3 is 2.70 bits per heavy atom. The van der Waals surface area contributed by atoms with E-state index < -0.39 is 0 Å². The fraction of sp³-hybridized carbons (Fsp3) is 0.214. The number of aliphatic hydroxyl groups is 1. The number of hydrogen-bond acceptors (Lipinski definition) is 5. The van der Waals surface area contributed by atoms with Crippen LogP contribution < -0.4 is 5.73 Å². The molecular formula is C14H15N5O. The van der Waals surface area contributed by atoms with Crippen molar-refractivity contribution in [2.75, 3.05) is 13.2 Å². The van der Waals surface area contributed by atoms with E-state index in [9.17, 15) is 5.11 Å². The summed E-state index contributed by atoms with van der Waals surface area (Å²) in [5.41, 5.74) is 8.06. The third kappa shape index (κ3) is 2.04. The van der Waals surface area contributed by atoms with E-state index in [-0.39, 0.29) is 12.5 Å². The summed E-state index contributed by atoms with van der Waals surface area (Å²) in [6, 6.07) is 9.76. The van der Waals surface area contributed by atoms with Gasteiger partial charge in [0.25, 0.3) is 0 Å². The Labute approximate surface area is 115 Å². The van der Waals surface area contributed by atoms with Crippen molar-refractivity contribution in [3.8, 4) is 5.69 Å². The molecule has 0 saturated carbocycles. The predicted octanol–water partition coefficient (Wildman–Crippen LogP) is 0.850. The minimum Gasteiger partial charge on any atom is -0.396 e. The zero-order valence-corrected chi connectivity index (χ0v) is 10.8. The third-order valence-corrected chi connectivity index (χ3v) is 3.29. The number of benzene rings is 1. The number of rotatable bonds is 4. The van der Waals surface area contributed by atoms with Crippen LogP contribution >= 0.6 is 0 Å². The first kappa shape index (κ1) is 12.7. The summed E-state index contributed by atoms with van der Waals surface area (Å²) in [7, 11) is 0. The number of nitrogens with zero attached hydrogens (tertiary/aromatic N) is 4. The van der Waals surface area contributed by atoms with E-state index in [1.807, 2.05) is 30.3 Å². The maximum Gasteiger partial charge on any atom is 0.166 e. The zero-order valence-electron chi connectivity index (χ0n) is 10.8. The van der Waals surface area contributed by atoms with Gasteiger partial charge >= 0.3 is 0 Å². The van der Waals surface area contributed by atoms with Crippen molar-refractivity contribution in [3.05, 3.63) is 48.5 Å². The van der Waals surface area contributed by atoms with E-state index in [2.05, 4.69) is 15.1 Å². The lowest BCUT2D eigenvalue weighted by atomic mass is 10.0. The molecule has 0 amide bonds. The van der Waals surface area contributed by atoms with Crippen LogP contribution in [-0.2, 0) is 0 Å². The van der Waals surface area contributed by atoms with E-state index in [0.29, 0.717) is 12.2 Å². The highest BCUT2D eigenvalue weighted by molar-refractivity contribution is 5.79. The summed E-state index contributed by atoms with van der Waals surface area (Å²) < 4.78 is 1.76. The van der Waals surface area contributed by atoms with E-state index in [1.54, 1.807) is 10.9 Å². The average Bonchev–Trinajstić information content (AvgIpc) is 2.94. The van der Waals surface area contributed by atoms with Gasteiger partial charge in [-0.15, -0.1) is 0 Å². The number of aliphatic hydroxyl groups excluding tert-OH is 1. The van der Waals surface area contributed by atoms with Gasteiger partial charge in [-0.05, 0) is 12.1 Å². The Hall–Kier alpha value is -2.31. The molecule has 0 aliphatic heterocycles. The molecule has 102 valence electrons. The van der Waals surface area contributed by atoms with Gasteiger partial charge in [-0.2, -0.15) is 5.10 Å². The van der Waals surface area contributed by atoms with Gasteiger partial charge in [0.2, 0.25) is 0 Å². The summed E-state index contributed by atoms with van der Waals surface area (Å²) in [4.78, 5) is 8.55. The molecule has 2 heterocycles. The lowest BCUT2D eigenvalue weighted by Gasteiger charge is -2.11. The second-order valence-electron chi connectivity index (χ2n) is 4.50. The Balaban J connectivity index is 2.17. The van der Waals surface area contributed by atoms with Crippen molar-refractivity contribution in [3.63, 3.8) is 0 Å². The number of para-hydroxylation sites is 1. The first-order chi connectivity index (χ1) is 9.85. The lowest BCUT2D eigenvalue weighted by molar-refractivity contribution is 0.266. The summed E-state index contributed by atoms with van der Waals surface area (Å²) in [6.07, 6.45) is 3.20. The van der Waals surface area contributed by atoms with Gasteiger partial charge in [0.1, 0.15) is 6.33 Å². The Morgan fingerprint density at radius 2 is 2.00 bits per heavy atom. The largest absolute Gasteiger partial charge is 0.396 e. The molecular weight excluding hydrogens is 254 g/mol. The highest BCUT2D eigenvalue weighted by Gasteiger charge is 2.17. The second-order valence-corrected chi connectivity index (χ2v) is 4.50. The van der Waals surface area contributed by atoms with Gasteiger partial charge in [0.15, 0.2) is 5.65 Å². The predicted molar refractivity (Wildman–Crippen MR) is 75.5 cm³/mol. The molecule has 0 bridgehead atoms. The molecule has 3 rings (SSSR count). The number of aromatic nitrogens is 4. The number of fused-ring (bicyclic) bond motifs is 1. The highest BCUT2D eigenvalue weighted by Crippen LogP contribution is 2.23. The quantitative estimate of drug-likeness (QED) is 0.733. The van der Waals surface area contributed by atoms with Crippen molar-refractivity contribution in [2.24, 2.45) is 5.73 Å². The monoisotopic (exact) mass is 269 g/mol. The maximum absolute atomic E-state index is 9.40. The SMILES string of the molecule is NCC(CO)c1ncnc2c1cnn2-c1ccccc1. The minimum absolute atomic E-state index is 0.0425. The number of nitrogens with two attached hydrogens (primary N) is 1. The standard InChI is InChI=1S/C14H15N5O/c15-6-10(8-20)13-12-7-18-19(14(12)17-9-16-13)11-4-2-1-3-5-11/h1-5,7,9-10,20H,6,8,15H2. The highest BCUT2D eigenvalue weighted by atomic mass is 16.3. The summed E-state index contributed by atoms with van der Waals surface area (Å²) in [5, 5.41) is 14.6. The van der Waals surface area contributed by atoms with Crippen LogP contribution in [0.1, 0.15) is 11.6 Å². The van der Waals surface area contributed by atoms with Crippen LogP contribution in [0.4, 0.5) is 0 Å². The van der Waals surface area contributed by atoms with Crippen LogP contribution in [0, 0.1) is 0 Å².